The van der Waals surface area contributed by atoms with Crippen molar-refractivity contribution in [3.8, 4) is 5.88 Å². The largest absolute Gasteiger partial charge is 0.470 e. The van der Waals surface area contributed by atoms with E-state index in [0.29, 0.717) is 36.4 Å². The molecule has 1 fully saturated rings. The van der Waals surface area contributed by atoms with Crippen LogP contribution in [-0.4, -0.2) is 44.5 Å². The highest BCUT2D eigenvalue weighted by molar-refractivity contribution is 9.10. The first-order chi connectivity index (χ1) is 13.1. The van der Waals surface area contributed by atoms with Crippen molar-refractivity contribution in [3.63, 3.8) is 0 Å². The molecule has 1 saturated heterocycles. The van der Waals surface area contributed by atoms with Gasteiger partial charge in [0.1, 0.15) is 6.10 Å². The molecule has 7 nitrogen and oxygen atoms in total. The Morgan fingerprint density at radius 1 is 1.19 bits per heavy atom. The normalized spacial score (nSPS) is 14.2. The number of amides is 1. The third-order valence-corrected chi connectivity index (χ3v) is 5.11. The van der Waals surface area contributed by atoms with E-state index >= 15 is 0 Å². The lowest BCUT2D eigenvalue weighted by Crippen LogP contribution is -2.56. The maximum absolute atomic E-state index is 12.4. The number of likely N-dealkylation sites (tertiary alicyclic amines) is 1. The van der Waals surface area contributed by atoms with Crippen molar-refractivity contribution in [1.29, 1.82) is 0 Å². The number of aryl methyl sites for hydroxylation is 1. The van der Waals surface area contributed by atoms with Crippen LogP contribution in [0.25, 0.3) is 10.9 Å². The Hall–Kier alpha value is -2.74. The van der Waals surface area contributed by atoms with Crippen LogP contribution >= 0.6 is 15.9 Å². The van der Waals surface area contributed by atoms with Crippen molar-refractivity contribution in [2.45, 2.75) is 19.1 Å². The first kappa shape index (κ1) is 17.7. The van der Waals surface area contributed by atoms with Gasteiger partial charge in [0.25, 0.3) is 5.56 Å². The van der Waals surface area contributed by atoms with Crippen molar-refractivity contribution in [3.05, 3.63) is 63.7 Å². The molecule has 0 aliphatic carbocycles. The van der Waals surface area contributed by atoms with E-state index in [9.17, 15) is 9.59 Å². The van der Waals surface area contributed by atoms with Crippen molar-refractivity contribution < 1.29 is 9.53 Å². The molecule has 1 aliphatic rings. The smallest absolute Gasteiger partial charge is 0.261 e. The molecule has 1 aliphatic heterocycles. The second-order valence-electron chi connectivity index (χ2n) is 6.34. The quantitative estimate of drug-likeness (QED) is 0.622. The Morgan fingerprint density at radius 3 is 2.81 bits per heavy atom. The number of hydrogen-bond donors (Lipinski definition) is 0. The molecule has 0 radical (unpaired) electrons. The van der Waals surface area contributed by atoms with Gasteiger partial charge in [-0.25, -0.2) is 9.97 Å². The number of ether oxygens (including phenoxy) is 1. The molecule has 0 saturated carbocycles. The van der Waals surface area contributed by atoms with Gasteiger partial charge in [0.15, 0.2) is 0 Å². The third kappa shape index (κ3) is 3.71. The highest BCUT2D eigenvalue weighted by Crippen LogP contribution is 2.24. The lowest BCUT2D eigenvalue weighted by molar-refractivity contribution is -0.140. The number of fused-ring (bicyclic) bond motifs is 1. The van der Waals surface area contributed by atoms with Crippen LogP contribution in [0.5, 0.6) is 5.88 Å². The van der Waals surface area contributed by atoms with E-state index in [1.54, 1.807) is 29.3 Å². The topological polar surface area (TPSA) is 77.3 Å². The number of carbonyl (C=O) groups excluding carboxylic acids is 1. The highest BCUT2D eigenvalue weighted by Gasteiger charge is 2.32. The average molecular weight is 429 g/mol. The lowest BCUT2D eigenvalue weighted by Gasteiger charge is -2.38. The molecule has 0 bridgehead atoms. The summed E-state index contributed by atoms with van der Waals surface area (Å²) in [4.78, 5) is 35.0. The van der Waals surface area contributed by atoms with E-state index in [2.05, 4.69) is 25.9 Å². The van der Waals surface area contributed by atoms with Crippen LogP contribution in [-0.2, 0) is 11.3 Å². The SMILES string of the molecule is O=C(CCn1cnc2ccccc2c1=O)N1CC(Oc2ncccc2Br)C1. The van der Waals surface area contributed by atoms with E-state index in [0.717, 1.165) is 4.47 Å². The van der Waals surface area contributed by atoms with Crippen LogP contribution in [0.2, 0.25) is 0 Å². The summed E-state index contributed by atoms with van der Waals surface area (Å²) in [6.07, 6.45) is 3.35. The summed E-state index contributed by atoms with van der Waals surface area (Å²) in [5.74, 6) is 0.526. The summed E-state index contributed by atoms with van der Waals surface area (Å²) in [5, 5.41) is 0.561. The zero-order chi connectivity index (χ0) is 18.8. The van der Waals surface area contributed by atoms with Gasteiger partial charge in [-0.15, -0.1) is 0 Å². The lowest BCUT2D eigenvalue weighted by atomic mass is 10.1. The maximum Gasteiger partial charge on any atom is 0.261 e. The molecule has 138 valence electrons. The number of para-hydroxylation sites is 1. The second kappa shape index (κ2) is 7.48. The fraction of sp³-hybridized carbons (Fsp3) is 0.263. The number of hydrogen-bond acceptors (Lipinski definition) is 5. The summed E-state index contributed by atoms with van der Waals surface area (Å²) in [6.45, 7) is 1.35. The zero-order valence-electron chi connectivity index (χ0n) is 14.4. The first-order valence-corrected chi connectivity index (χ1v) is 9.40. The Morgan fingerprint density at radius 2 is 2.00 bits per heavy atom. The molecule has 1 amide bonds. The molecule has 2 aromatic heterocycles. The molecule has 3 aromatic rings. The molecule has 3 heterocycles. The van der Waals surface area contributed by atoms with Gasteiger partial charge in [-0.1, -0.05) is 12.1 Å². The molecule has 8 heteroatoms. The van der Waals surface area contributed by atoms with Gasteiger partial charge in [-0.2, -0.15) is 0 Å². The van der Waals surface area contributed by atoms with Crippen LogP contribution in [0.15, 0.2) is 58.2 Å². The van der Waals surface area contributed by atoms with Gasteiger partial charge < -0.3 is 9.64 Å². The maximum atomic E-state index is 12.4. The van der Waals surface area contributed by atoms with E-state index in [1.165, 1.54) is 10.9 Å². The van der Waals surface area contributed by atoms with Crippen LogP contribution in [0.4, 0.5) is 0 Å². The minimum absolute atomic E-state index is 0.00463. The van der Waals surface area contributed by atoms with Gasteiger partial charge in [0.2, 0.25) is 11.8 Å². The molecular weight excluding hydrogens is 412 g/mol. The molecule has 4 rings (SSSR count). The minimum Gasteiger partial charge on any atom is -0.470 e. The van der Waals surface area contributed by atoms with Gasteiger partial charge in [-0.3, -0.25) is 14.2 Å². The van der Waals surface area contributed by atoms with Crippen molar-refractivity contribution in [2.24, 2.45) is 0 Å². The van der Waals surface area contributed by atoms with Crippen LogP contribution in [0.3, 0.4) is 0 Å². The number of carbonyl (C=O) groups is 1. The average Bonchev–Trinajstić information content (AvgIpc) is 2.65. The third-order valence-electron chi connectivity index (χ3n) is 4.50. The molecule has 0 N–H and O–H groups in total. The van der Waals surface area contributed by atoms with Crippen molar-refractivity contribution >= 4 is 32.7 Å². The number of rotatable bonds is 5. The minimum atomic E-state index is -0.127. The number of benzene rings is 1. The molecule has 0 unspecified atom stereocenters. The molecule has 0 atom stereocenters. The predicted molar refractivity (Wildman–Crippen MR) is 104 cm³/mol. The van der Waals surface area contributed by atoms with Gasteiger partial charge >= 0.3 is 0 Å². The Bertz CT molecular complexity index is 1050. The number of pyridine rings is 1. The predicted octanol–water partition coefficient (Wildman–Crippen LogP) is 2.23. The highest BCUT2D eigenvalue weighted by atomic mass is 79.9. The molecule has 1 aromatic carbocycles. The number of nitrogens with zero attached hydrogens (tertiary/aromatic N) is 4. The summed E-state index contributed by atoms with van der Waals surface area (Å²) in [6, 6.07) is 10.9. The Balaban J connectivity index is 1.32. The molecular formula is C19H17BrN4O3. The van der Waals surface area contributed by atoms with Gasteiger partial charge in [-0.05, 0) is 40.2 Å². The zero-order valence-corrected chi connectivity index (χ0v) is 16.0. The monoisotopic (exact) mass is 428 g/mol. The summed E-state index contributed by atoms with van der Waals surface area (Å²) < 4.78 is 8.05. The molecule has 27 heavy (non-hydrogen) atoms. The van der Waals surface area contributed by atoms with Crippen LogP contribution in [0.1, 0.15) is 6.42 Å². The van der Waals surface area contributed by atoms with E-state index in [1.807, 2.05) is 18.2 Å². The number of aromatic nitrogens is 3. The fourth-order valence-corrected chi connectivity index (χ4v) is 3.32. The van der Waals surface area contributed by atoms with Gasteiger partial charge in [0.05, 0.1) is 34.8 Å². The second-order valence-corrected chi connectivity index (χ2v) is 7.19. The first-order valence-electron chi connectivity index (χ1n) is 8.61. The van der Waals surface area contributed by atoms with Gasteiger partial charge in [0, 0.05) is 19.2 Å². The number of halogens is 1. The molecule has 0 spiro atoms. The summed E-state index contributed by atoms with van der Waals surface area (Å²) >= 11 is 3.39. The van der Waals surface area contributed by atoms with Crippen molar-refractivity contribution in [1.82, 2.24) is 19.4 Å². The van der Waals surface area contributed by atoms with Crippen LogP contribution in [0, 0.1) is 0 Å². The summed E-state index contributed by atoms with van der Waals surface area (Å²) in [5.41, 5.74) is 0.534. The Kier molecular flexibility index (Phi) is 4.89. The Labute approximate surface area is 163 Å². The standard InChI is InChI=1S/C19H17BrN4O3/c20-15-5-3-8-21-18(15)27-13-10-24(11-13)17(25)7-9-23-12-22-16-6-2-1-4-14(16)19(23)26/h1-6,8,12-13H,7,9-11H2. The summed E-state index contributed by atoms with van der Waals surface area (Å²) in [7, 11) is 0. The van der Waals surface area contributed by atoms with E-state index in [4.69, 9.17) is 4.74 Å². The van der Waals surface area contributed by atoms with E-state index in [-0.39, 0.29) is 24.0 Å². The van der Waals surface area contributed by atoms with Crippen molar-refractivity contribution in [2.75, 3.05) is 13.1 Å². The van der Waals surface area contributed by atoms with Crippen LogP contribution < -0.4 is 10.3 Å². The van der Waals surface area contributed by atoms with E-state index < -0.39 is 0 Å². The fourth-order valence-electron chi connectivity index (χ4n) is 2.97.